The first-order chi connectivity index (χ1) is 10.4. The average molecular weight is 336 g/mol. The van der Waals surface area contributed by atoms with E-state index in [1.807, 2.05) is 6.08 Å². The molecule has 1 saturated heterocycles. The number of nitrogens with one attached hydrogen (secondary N) is 1. The second-order valence-electron chi connectivity index (χ2n) is 5.87. The second kappa shape index (κ2) is 7.50. The molecule has 1 aliphatic carbocycles. The molecule has 0 aromatic carbocycles. The van der Waals surface area contributed by atoms with E-state index in [2.05, 4.69) is 11.4 Å². The number of carbonyl (C=O) groups excluding carboxylic acids is 1. The van der Waals surface area contributed by atoms with Crippen molar-refractivity contribution in [2.75, 3.05) is 19.6 Å². The number of rotatable bonds is 5. The summed E-state index contributed by atoms with van der Waals surface area (Å²) in [4.78, 5) is 12.0. The summed E-state index contributed by atoms with van der Waals surface area (Å²) in [5.41, 5.74) is 0. The van der Waals surface area contributed by atoms with E-state index in [0.717, 1.165) is 23.6 Å². The number of sulfonamides is 1. The molecule has 0 aromatic heterocycles. The molecule has 2 rings (SSSR count). The molecule has 1 aliphatic heterocycles. The standard InChI is InChI=1S/C14H22F2N2O3S/c15-14(16)22(20,21)18-8-6-11(7-9-18)10-17-13(19)12-4-2-1-3-5-12/h1-2,11-12,14H,3-10H2,(H,17,19). The number of alkyl halides is 2. The lowest BCUT2D eigenvalue weighted by Crippen LogP contribution is -2.44. The number of hydrogen-bond donors (Lipinski definition) is 1. The third-order valence-electron chi connectivity index (χ3n) is 4.36. The number of nitrogens with zero attached hydrogens (tertiary/aromatic N) is 1. The molecule has 0 bridgehead atoms. The summed E-state index contributed by atoms with van der Waals surface area (Å²) < 4.78 is 48.5. The highest BCUT2D eigenvalue weighted by Crippen LogP contribution is 2.23. The highest BCUT2D eigenvalue weighted by atomic mass is 32.2. The van der Waals surface area contributed by atoms with E-state index in [9.17, 15) is 22.0 Å². The minimum atomic E-state index is -4.47. The fourth-order valence-corrected chi connectivity index (χ4v) is 3.85. The van der Waals surface area contributed by atoms with Crippen molar-refractivity contribution in [1.29, 1.82) is 0 Å². The van der Waals surface area contributed by atoms with Crippen molar-refractivity contribution in [1.82, 2.24) is 9.62 Å². The van der Waals surface area contributed by atoms with Crippen molar-refractivity contribution in [3.63, 3.8) is 0 Å². The fraction of sp³-hybridized carbons (Fsp3) is 0.786. The van der Waals surface area contributed by atoms with Crippen LogP contribution in [0.25, 0.3) is 0 Å². The lowest BCUT2D eigenvalue weighted by atomic mass is 9.93. The first-order valence-corrected chi connectivity index (χ1v) is 9.11. The van der Waals surface area contributed by atoms with Crippen LogP contribution in [-0.2, 0) is 14.8 Å². The van der Waals surface area contributed by atoms with Gasteiger partial charge in [0, 0.05) is 25.6 Å². The Kier molecular flexibility index (Phi) is 5.91. The Morgan fingerprint density at radius 3 is 2.45 bits per heavy atom. The van der Waals surface area contributed by atoms with Crippen LogP contribution in [0.1, 0.15) is 32.1 Å². The van der Waals surface area contributed by atoms with Crippen LogP contribution >= 0.6 is 0 Å². The summed E-state index contributed by atoms with van der Waals surface area (Å²) in [6.45, 7) is 0.681. The van der Waals surface area contributed by atoms with Gasteiger partial charge in [0.05, 0.1) is 0 Å². The zero-order valence-electron chi connectivity index (χ0n) is 12.4. The number of halogens is 2. The monoisotopic (exact) mass is 336 g/mol. The molecule has 2 aliphatic rings. The molecule has 1 atom stereocenters. The van der Waals surface area contributed by atoms with Crippen molar-refractivity contribution in [3.05, 3.63) is 12.2 Å². The molecule has 126 valence electrons. The van der Waals surface area contributed by atoms with Gasteiger partial charge >= 0.3 is 5.76 Å². The van der Waals surface area contributed by atoms with E-state index in [4.69, 9.17) is 0 Å². The Bertz CT molecular complexity index is 514. The lowest BCUT2D eigenvalue weighted by molar-refractivity contribution is -0.125. The van der Waals surface area contributed by atoms with Gasteiger partial charge in [-0.25, -0.2) is 8.42 Å². The molecule has 0 aromatic rings. The number of carbonyl (C=O) groups is 1. The van der Waals surface area contributed by atoms with E-state index < -0.39 is 15.8 Å². The molecule has 1 N–H and O–H groups in total. The minimum Gasteiger partial charge on any atom is -0.356 e. The van der Waals surface area contributed by atoms with Gasteiger partial charge in [-0.15, -0.1) is 0 Å². The average Bonchev–Trinajstić information content (AvgIpc) is 2.53. The van der Waals surface area contributed by atoms with Crippen LogP contribution in [0.2, 0.25) is 0 Å². The highest BCUT2D eigenvalue weighted by molar-refractivity contribution is 7.89. The van der Waals surface area contributed by atoms with Crippen molar-refractivity contribution in [2.24, 2.45) is 11.8 Å². The van der Waals surface area contributed by atoms with Crippen molar-refractivity contribution >= 4 is 15.9 Å². The summed E-state index contributed by atoms with van der Waals surface area (Å²) in [5, 5.41) is 2.91. The van der Waals surface area contributed by atoms with Gasteiger partial charge < -0.3 is 5.32 Å². The fourth-order valence-electron chi connectivity index (χ4n) is 2.90. The van der Waals surface area contributed by atoms with Gasteiger partial charge in [-0.3, -0.25) is 4.79 Å². The molecular formula is C14H22F2N2O3S. The quantitative estimate of drug-likeness (QED) is 0.778. The minimum absolute atomic E-state index is 0.0179. The third kappa shape index (κ3) is 4.25. The first-order valence-electron chi connectivity index (χ1n) is 7.61. The molecule has 0 saturated carbocycles. The number of piperidine rings is 1. The van der Waals surface area contributed by atoms with Gasteiger partial charge in [0.1, 0.15) is 0 Å². The van der Waals surface area contributed by atoms with Crippen molar-refractivity contribution in [3.8, 4) is 0 Å². The maximum absolute atomic E-state index is 12.5. The maximum atomic E-state index is 12.5. The maximum Gasteiger partial charge on any atom is 0.350 e. The van der Waals surface area contributed by atoms with Crippen LogP contribution in [0.4, 0.5) is 8.78 Å². The van der Waals surface area contributed by atoms with Crippen molar-refractivity contribution < 1.29 is 22.0 Å². The van der Waals surface area contributed by atoms with Gasteiger partial charge in [0.25, 0.3) is 10.0 Å². The smallest absolute Gasteiger partial charge is 0.350 e. The molecule has 1 unspecified atom stereocenters. The molecule has 1 amide bonds. The topological polar surface area (TPSA) is 66.5 Å². The zero-order valence-corrected chi connectivity index (χ0v) is 13.2. The number of allylic oxidation sites excluding steroid dienone is 2. The summed E-state index contributed by atoms with van der Waals surface area (Å²) in [5.74, 6) is -3.16. The first kappa shape index (κ1) is 17.3. The Morgan fingerprint density at radius 2 is 1.91 bits per heavy atom. The van der Waals surface area contributed by atoms with E-state index >= 15 is 0 Å². The van der Waals surface area contributed by atoms with Crippen molar-refractivity contribution in [2.45, 2.75) is 37.9 Å². The van der Waals surface area contributed by atoms with Gasteiger partial charge in [0.2, 0.25) is 5.91 Å². The van der Waals surface area contributed by atoms with E-state index in [1.54, 1.807) is 0 Å². The van der Waals surface area contributed by atoms with Crippen LogP contribution in [-0.4, -0.2) is 44.0 Å². The predicted octanol–water partition coefficient (Wildman–Crippen LogP) is 1.72. The SMILES string of the molecule is O=C(NCC1CCN(S(=O)(=O)C(F)F)CC1)C1CC=CCC1. The molecule has 1 heterocycles. The Morgan fingerprint density at radius 1 is 1.23 bits per heavy atom. The summed E-state index contributed by atoms with van der Waals surface area (Å²) >= 11 is 0. The number of amides is 1. The Labute approximate surface area is 129 Å². The Hall–Kier alpha value is -1.02. The second-order valence-corrected chi connectivity index (χ2v) is 7.78. The Balaban J connectivity index is 1.74. The van der Waals surface area contributed by atoms with Crippen LogP contribution in [0, 0.1) is 11.8 Å². The number of hydrogen-bond acceptors (Lipinski definition) is 3. The van der Waals surface area contributed by atoms with Gasteiger partial charge in [-0.1, -0.05) is 12.2 Å². The largest absolute Gasteiger partial charge is 0.356 e. The normalized spacial score (nSPS) is 24.6. The van der Waals surface area contributed by atoms with E-state index in [1.165, 1.54) is 0 Å². The molecule has 22 heavy (non-hydrogen) atoms. The van der Waals surface area contributed by atoms with Gasteiger partial charge in [-0.05, 0) is 38.0 Å². The van der Waals surface area contributed by atoms with Gasteiger partial charge in [0.15, 0.2) is 0 Å². The summed E-state index contributed by atoms with van der Waals surface area (Å²) in [6, 6.07) is 0. The third-order valence-corrected chi connectivity index (χ3v) is 5.90. The molecule has 0 radical (unpaired) electrons. The van der Waals surface area contributed by atoms with Crippen LogP contribution in [0.3, 0.4) is 0 Å². The zero-order chi connectivity index (χ0) is 16.2. The highest BCUT2D eigenvalue weighted by Gasteiger charge is 2.34. The predicted molar refractivity (Wildman–Crippen MR) is 78.7 cm³/mol. The molecular weight excluding hydrogens is 314 g/mol. The van der Waals surface area contributed by atoms with Crippen LogP contribution < -0.4 is 5.32 Å². The van der Waals surface area contributed by atoms with Crippen LogP contribution in [0.15, 0.2) is 12.2 Å². The van der Waals surface area contributed by atoms with Gasteiger partial charge in [-0.2, -0.15) is 13.1 Å². The molecule has 0 spiro atoms. The molecule has 1 fully saturated rings. The summed E-state index contributed by atoms with van der Waals surface area (Å²) in [6.07, 6.45) is 7.62. The molecule has 8 heteroatoms. The van der Waals surface area contributed by atoms with Crippen LogP contribution in [0.5, 0.6) is 0 Å². The van der Waals surface area contributed by atoms with E-state index in [0.29, 0.717) is 19.4 Å². The van der Waals surface area contributed by atoms with E-state index in [-0.39, 0.29) is 30.8 Å². The summed E-state index contributed by atoms with van der Waals surface area (Å²) in [7, 11) is -4.47. The lowest BCUT2D eigenvalue weighted by Gasteiger charge is -2.31. The molecule has 5 nitrogen and oxygen atoms in total.